The van der Waals surface area contributed by atoms with Crippen molar-refractivity contribution in [2.45, 2.75) is 25.5 Å². The summed E-state index contributed by atoms with van der Waals surface area (Å²) >= 11 is 0. The van der Waals surface area contributed by atoms with Crippen LogP contribution in [0.15, 0.2) is 66.7 Å². The van der Waals surface area contributed by atoms with Gasteiger partial charge in [0.05, 0.1) is 34.8 Å². The van der Waals surface area contributed by atoms with Crippen molar-refractivity contribution in [2.75, 3.05) is 13.7 Å². The molecule has 0 spiro atoms. The Morgan fingerprint density at radius 1 is 0.977 bits per heavy atom. The maximum Gasteiger partial charge on any atom is 0.270 e. The van der Waals surface area contributed by atoms with Gasteiger partial charge in [0.25, 0.3) is 6.29 Å². The van der Waals surface area contributed by atoms with Crippen LogP contribution in [0.4, 0.5) is 13.2 Å². The molecule has 1 unspecified atom stereocenters. The normalized spacial score (nSPS) is 14.0. The van der Waals surface area contributed by atoms with Crippen molar-refractivity contribution in [2.24, 2.45) is 0 Å². The lowest BCUT2D eigenvalue weighted by molar-refractivity contribution is -0.0424. The van der Waals surface area contributed by atoms with Gasteiger partial charge in [-0.25, -0.2) is 18.2 Å². The third kappa shape index (κ3) is 5.28. The molecule has 2 heterocycles. The predicted molar refractivity (Wildman–Crippen MR) is 148 cm³/mol. The zero-order valence-corrected chi connectivity index (χ0v) is 22.7. The largest absolute Gasteiger partial charge is 0.447 e. The first-order valence-corrected chi connectivity index (χ1v) is 13.3. The lowest BCUT2D eigenvalue weighted by atomic mass is 10.00. The highest BCUT2D eigenvalue weighted by Gasteiger charge is 2.31. The van der Waals surface area contributed by atoms with Crippen LogP contribution in [-0.4, -0.2) is 33.5 Å². The molecule has 0 saturated carbocycles. The Balaban J connectivity index is 1.33. The number of aromatic nitrogens is 2. The first-order chi connectivity index (χ1) is 20.8. The van der Waals surface area contributed by atoms with E-state index in [-0.39, 0.29) is 51.3 Å². The van der Waals surface area contributed by atoms with E-state index in [0.717, 1.165) is 18.2 Å². The van der Waals surface area contributed by atoms with E-state index in [0.29, 0.717) is 30.0 Å². The minimum atomic E-state index is -1.68. The Morgan fingerprint density at radius 2 is 1.81 bits per heavy atom. The molecule has 0 aliphatic carbocycles. The lowest BCUT2D eigenvalue weighted by Crippen LogP contribution is -2.10. The van der Waals surface area contributed by atoms with E-state index < -0.39 is 30.0 Å². The number of rotatable bonds is 8. The highest BCUT2D eigenvalue weighted by molar-refractivity contribution is 5.78. The van der Waals surface area contributed by atoms with Crippen LogP contribution in [0.3, 0.4) is 0 Å². The van der Waals surface area contributed by atoms with Gasteiger partial charge in [-0.1, -0.05) is 18.2 Å². The molecule has 0 bridgehead atoms. The number of fused-ring (bicyclic) bond motifs is 2. The number of ether oxygens (including phenoxy) is 3. The quantitative estimate of drug-likeness (QED) is 0.225. The Morgan fingerprint density at radius 3 is 2.56 bits per heavy atom. The minimum absolute atomic E-state index is 0.0506. The second kappa shape index (κ2) is 11.4. The van der Waals surface area contributed by atoms with E-state index in [9.17, 15) is 14.6 Å². The number of imidazole rings is 1. The monoisotopic (exact) mass is 587 g/mol. The van der Waals surface area contributed by atoms with Crippen LogP contribution in [0.2, 0.25) is 0 Å². The van der Waals surface area contributed by atoms with Gasteiger partial charge in [0, 0.05) is 36.8 Å². The molecule has 11 heteroatoms. The summed E-state index contributed by atoms with van der Waals surface area (Å²) in [7, 11) is 1.54. The molecule has 0 fully saturated rings. The van der Waals surface area contributed by atoms with Gasteiger partial charge >= 0.3 is 0 Å². The van der Waals surface area contributed by atoms with Gasteiger partial charge in [0.2, 0.25) is 0 Å². The van der Waals surface area contributed by atoms with Crippen molar-refractivity contribution in [1.29, 1.82) is 5.26 Å². The van der Waals surface area contributed by atoms with Crippen molar-refractivity contribution < 1.29 is 37.6 Å². The van der Waals surface area contributed by atoms with Crippen LogP contribution in [0.1, 0.15) is 40.7 Å². The molecule has 8 nitrogen and oxygen atoms in total. The number of aliphatic hydroxyl groups excluding tert-OH is 1. The van der Waals surface area contributed by atoms with Crippen molar-refractivity contribution >= 4 is 11.0 Å². The molecule has 1 aliphatic heterocycles. The number of hydrogen-bond acceptors (Lipinski definition) is 7. The van der Waals surface area contributed by atoms with Crippen LogP contribution >= 0.6 is 0 Å². The van der Waals surface area contributed by atoms with Crippen molar-refractivity contribution in [3.05, 3.63) is 112 Å². The van der Waals surface area contributed by atoms with E-state index >= 15 is 8.78 Å². The molecule has 0 radical (unpaired) electrons. The molecule has 0 saturated heterocycles. The molecule has 2 N–H and O–H groups in total. The Kier molecular flexibility index (Phi) is 7.50. The maximum atomic E-state index is 15.6. The van der Waals surface area contributed by atoms with Crippen molar-refractivity contribution in [3.63, 3.8) is 0 Å². The average molecular weight is 588 g/mol. The molecule has 1 atom stereocenters. The highest BCUT2D eigenvalue weighted by atomic mass is 19.1. The van der Waals surface area contributed by atoms with Crippen LogP contribution in [0, 0.1) is 28.8 Å². The van der Waals surface area contributed by atoms with Gasteiger partial charge in [-0.15, -0.1) is 0 Å². The van der Waals surface area contributed by atoms with Crippen LogP contribution < -0.4 is 9.47 Å². The number of hydrogen-bond donors (Lipinski definition) is 2. The van der Waals surface area contributed by atoms with Gasteiger partial charge in [0.15, 0.2) is 17.8 Å². The van der Waals surface area contributed by atoms with Gasteiger partial charge in [0.1, 0.15) is 23.3 Å². The Hall–Kier alpha value is -4.89. The second-order valence-corrected chi connectivity index (χ2v) is 9.94. The molecular formula is C32H24F3N3O5. The number of benzene rings is 4. The molecule has 5 aromatic rings. The number of aliphatic hydroxyl groups is 2. The standard InChI is InChI=1S/C32H24F3N3O5/c1-41-10-9-38-27-13-18(31(39)40)6-8-26(27)37-29(38)14-19-12-25(35)22(15-23(19)33)20-3-2-4-28-30(20)43-32(42-28)21-7-5-17(16-36)11-24(21)34/h2-8,11-13,15,31-32,39-40H,9-10,14H2,1H3. The molecule has 4 aromatic carbocycles. The number of para-hydroxylation sites is 1. The SMILES string of the molecule is COCCn1c(Cc2cc(F)c(-c3cccc4c3OC(c3ccc(C#N)cc3F)O4)cc2F)nc2ccc(C(O)O)cc21. The maximum absolute atomic E-state index is 15.6. The summed E-state index contributed by atoms with van der Waals surface area (Å²) in [4.78, 5) is 4.59. The summed E-state index contributed by atoms with van der Waals surface area (Å²) in [5.74, 6) is -1.29. The smallest absolute Gasteiger partial charge is 0.270 e. The molecule has 1 aliphatic rings. The van der Waals surface area contributed by atoms with E-state index in [2.05, 4.69) is 4.98 Å². The molecule has 0 amide bonds. The van der Waals surface area contributed by atoms with Gasteiger partial charge in [-0.2, -0.15) is 5.26 Å². The first kappa shape index (κ1) is 28.2. The third-order valence-corrected chi connectivity index (χ3v) is 7.26. The van der Waals surface area contributed by atoms with Crippen LogP contribution in [0.5, 0.6) is 11.5 Å². The lowest BCUT2D eigenvalue weighted by Gasteiger charge is -2.13. The molecule has 1 aromatic heterocycles. The van der Waals surface area contributed by atoms with Crippen LogP contribution in [0.25, 0.3) is 22.2 Å². The minimum Gasteiger partial charge on any atom is -0.447 e. The number of nitriles is 1. The van der Waals surface area contributed by atoms with Gasteiger partial charge in [-0.05, 0) is 54.1 Å². The van der Waals surface area contributed by atoms with Gasteiger partial charge in [-0.3, -0.25) is 0 Å². The highest BCUT2D eigenvalue weighted by Crippen LogP contribution is 2.47. The van der Waals surface area contributed by atoms with E-state index in [1.165, 1.54) is 25.3 Å². The fourth-order valence-corrected chi connectivity index (χ4v) is 5.12. The van der Waals surface area contributed by atoms with Crippen molar-refractivity contribution in [1.82, 2.24) is 9.55 Å². The molecule has 6 rings (SSSR count). The zero-order chi connectivity index (χ0) is 30.2. The summed E-state index contributed by atoms with van der Waals surface area (Å²) in [6.07, 6.45) is -2.90. The summed E-state index contributed by atoms with van der Waals surface area (Å²) in [6, 6.07) is 17.4. The Bertz CT molecular complexity index is 1900. The summed E-state index contributed by atoms with van der Waals surface area (Å²) < 4.78 is 64.5. The van der Waals surface area contributed by atoms with Gasteiger partial charge < -0.3 is 29.0 Å². The number of methoxy groups -OCH3 is 1. The van der Waals surface area contributed by atoms with E-state index in [4.69, 9.17) is 19.5 Å². The van der Waals surface area contributed by atoms with E-state index in [1.54, 1.807) is 34.9 Å². The topological polar surface area (TPSA) is 110 Å². The molecule has 43 heavy (non-hydrogen) atoms. The number of halogens is 3. The number of nitrogens with zero attached hydrogens (tertiary/aromatic N) is 3. The summed E-state index contributed by atoms with van der Waals surface area (Å²) in [6.45, 7) is 0.665. The first-order valence-electron chi connectivity index (χ1n) is 13.3. The van der Waals surface area contributed by atoms with E-state index in [1.807, 2.05) is 6.07 Å². The molecular weight excluding hydrogens is 563 g/mol. The fourth-order valence-electron chi connectivity index (χ4n) is 5.12. The van der Waals surface area contributed by atoms with Crippen LogP contribution in [-0.2, 0) is 17.7 Å². The zero-order valence-electron chi connectivity index (χ0n) is 22.7. The fraction of sp³-hybridized carbons (Fsp3) is 0.188. The average Bonchev–Trinajstić information content (AvgIpc) is 3.58. The van der Waals surface area contributed by atoms with Crippen molar-refractivity contribution in [3.8, 4) is 28.7 Å². The Labute approximate surface area is 243 Å². The predicted octanol–water partition coefficient (Wildman–Crippen LogP) is 5.68. The summed E-state index contributed by atoms with van der Waals surface area (Å²) in [5, 5.41) is 28.2. The second-order valence-electron chi connectivity index (χ2n) is 9.94. The summed E-state index contributed by atoms with van der Waals surface area (Å²) in [5.41, 5.74) is 1.82. The third-order valence-electron chi connectivity index (χ3n) is 7.26. The molecule has 218 valence electrons.